The molecule has 0 spiro atoms. The maximum absolute atomic E-state index is 11.7. The summed E-state index contributed by atoms with van der Waals surface area (Å²) >= 11 is 1.73. The van der Waals surface area contributed by atoms with Gasteiger partial charge in [0.05, 0.1) is 32.8 Å². The van der Waals surface area contributed by atoms with Crippen LogP contribution in [0.3, 0.4) is 0 Å². The quantitative estimate of drug-likeness (QED) is 0.409. The molecule has 2 heterocycles. The third-order valence-electron chi connectivity index (χ3n) is 4.38. The van der Waals surface area contributed by atoms with Gasteiger partial charge in [0, 0.05) is 29.6 Å². The van der Waals surface area contributed by atoms with E-state index in [1.807, 2.05) is 24.3 Å². The van der Waals surface area contributed by atoms with Crippen LogP contribution in [0.2, 0.25) is 0 Å². The molecular formula is C21H27N3O4S. The summed E-state index contributed by atoms with van der Waals surface area (Å²) in [6.07, 6.45) is 1.76. The molecular weight excluding hydrogens is 390 g/mol. The number of ether oxygens (including phenoxy) is 3. The predicted octanol–water partition coefficient (Wildman–Crippen LogP) is 3.32. The minimum Gasteiger partial charge on any atom is -0.490 e. The first-order valence-electron chi connectivity index (χ1n) is 9.71. The van der Waals surface area contributed by atoms with E-state index in [2.05, 4.69) is 27.1 Å². The summed E-state index contributed by atoms with van der Waals surface area (Å²) in [4.78, 5) is 17.5. The van der Waals surface area contributed by atoms with Gasteiger partial charge >= 0.3 is 5.97 Å². The van der Waals surface area contributed by atoms with Crippen LogP contribution in [0.1, 0.15) is 18.2 Å². The first kappa shape index (κ1) is 21.0. The molecule has 1 aliphatic rings. The molecule has 156 valence electrons. The van der Waals surface area contributed by atoms with Crippen LogP contribution in [0.4, 0.5) is 5.69 Å². The number of hydrogen-bond acceptors (Lipinski definition) is 6. The predicted molar refractivity (Wildman–Crippen MR) is 115 cm³/mol. The molecule has 1 atom stereocenters. The van der Waals surface area contributed by atoms with Gasteiger partial charge in [-0.2, -0.15) is 0 Å². The number of nitrogens with zero attached hydrogens (tertiary/aromatic N) is 1. The smallest absolute Gasteiger partial charge is 0.310 e. The summed E-state index contributed by atoms with van der Waals surface area (Å²) in [5.41, 5.74) is 0.836. The molecule has 0 bridgehead atoms. The van der Waals surface area contributed by atoms with Gasteiger partial charge in [-0.05, 0) is 30.0 Å². The zero-order valence-electron chi connectivity index (χ0n) is 16.8. The SMILES string of the molecule is COC(=O)C(C)CN=C(NCCc1cccs1)Nc1ccc2c(c1)OCCCO2. The van der Waals surface area contributed by atoms with E-state index >= 15 is 0 Å². The van der Waals surface area contributed by atoms with E-state index in [0.29, 0.717) is 31.5 Å². The van der Waals surface area contributed by atoms with Crippen LogP contribution in [0.5, 0.6) is 11.5 Å². The molecule has 0 saturated carbocycles. The van der Waals surface area contributed by atoms with Crippen molar-refractivity contribution in [2.24, 2.45) is 10.9 Å². The second-order valence-corrected chi connectivity index (χ2v) is 7.74. The van der Waals surface area contributed by atoms with E-state index in [-0.39, 0.29) is 11.9 Å². The first-order valence-corrected chi connectivity index (χ1v) is 10.6. The van der Waals surface area contributed by atoms with Crippen molar-refractivity contribution in [1.82, 2.24) is 5.32 Å². The number of hydrogen-bond donors (Lipinski definition) is 2. The van der Waals surface area contributed by atoms with Crippen molar-refractivity contribution in [3.05, 3.63) is 40.6 Å². The van der Waals surface area contributed by atoms with E-state index in [9.17, 15) is 4.79 Å². The number of esters is 1. The van der Waals surface area contributed by atoms with Gasteiger partial charge in [-0.3, -0.25) is 9.79 Å². The Balaban J connectivity index is 1.67. The second-order valence-electron chi connectivity index (χ2n) is 6.71. The first-order chi connectivity index (χ1) is 14.2. The number of methoxy groups -OCH3 is 1. The fourth-order valence-corrected chi connectivity index (χ4v) is 3.49. The van der Waals surface area contributed by atoms with E-state index in [4.69, 9.17) is 14.2 Å². The third-order valence-corrected chi connectivity index (χ3v) is 5.32. The highest BCUT2D eigenvalue weighted by molar-refractivity contribution is 7.09. The fourth-order valence-electron chi connectivity index (χ4n) is 2.78. The molecule has 2 aromatic rings. The number of carbonyl (C=O) groups is 1. The van der Waals surface area contributed by atoms with Gasteiger partial charge in [0.2, 0.25) is 0 Å². The number of fused-ring (bicyclic) bond motifs is 1. The van der Waals surface area contributed by atoms with Crippen LogP contribution < -0.4 is 20.1 Å². The Labute approximate surface area is 175 Å². The number of thiophene rings is 1. The highest BCUT2D eigenvalue weighted by atomic mass is 32.1. The molecule has 1 unspecified atom stereocenters. The molecule has 2 N–H and O–H groups in total. The third kappa shape index (κ3) is 6.39. The highest BCUT2D eigenvalue weighted by Gasteiger charge is 2.14. The number of anilines is 1. The Morgan fingerprint density at radius 2 is 2.10 bits per heavy atom. The maximum atomic E-state index is 11.7. The monoisotopic (exact) mass is 417 g/mol. The highest BCUT2D eigenvalue weighted by Crippen LogP contribution is 2.32. The van der Waals surface area contributed by atoms with Crippen molar-refractivity contribution in [2.45, 2.75) is 19.8 Å². The van der Waals surface area contributed by atoms with Gasteiger partial charge < -0.3 is 24.8 Å². The number of aliphatic imine (C=N–C) groups is 1. The molecule has 0 fully saturated rings. The summed E-state index contributed by atoms with van der Waals surface area (Å²) in [5.74, 6) is 1.47. The molecule has 0 saturated heterocycles. The number of guanidine groups is 1. The standard InChI is InChI=1S/C21H27N3O4S/c1-15(20(25)26-2)14-23-21(22-9-8-17-5-3-12-29-17)24-16-6-7-18-19(13-16)28-11-4-10-27-18/h3,5-7,12-13,15H,4,8-11,14H2,1-2H3,(H2,22,23,24). The second kappa shape index (κ2) is 10.7. The van der Waals surface area contributed by atoms with Gasteiger partial charge in [0.1, 0.15) is 0 Å². The van der Waals surface area contributed by atoms with Crippen molar-refractivity contribution in [3.8, 4) is 11.5 Å². The topological polar surface area (TPSA) is 81.2 Å². The molecule has 7 nitrogen and oxygen atoms in total. The van der Waals surface area contributed by atoms with Crippen LogP contribution >= 0.6 is 11.3 Å². The molecule has 0 radical (unpaired) electrons. The summed E-state index contributed by atoms with van der Waals surface area (Å²) in [6.45, 7) is 4.14. The Bertz CT molecular complexity index is 823. The van der Waals surface area contributed by atoms with Crippen molar-refractivity contribution in [3.63, 3.8) is 0 Å². The van der Waals surface area contributed by atoms with Gasteiger partial charge in [-0.1, -0.05) is 13.0 Å². The van der Waals surface area contributed by atoms with E-state index < -0.39 is 0 Å². The lowest BCUT2D eigenvalue weighted by molar-refractivity contribution is -0.144. The molecule has 0 aliphatic carbocycles. The molecule has 3 rings (SSSR count). The molecule has 1 aromatic carbocycles. The Kier molecular flexibility index (Phi) is 7.75. The summed E-state index contributed by atoms with van der Waals surface area (Å²) in [6, 6.07) is 9.88. The van der Waals surface area contributed by atoms with Crippen molar-refractivity contribution in [2.75, 3.05) is 38.7 Å². The zero-order valence-corrected chi connectivity index (χ0v) is 17.6. The molecule has 1 aliphatic heterocycles. The average Bonchev–Trinajstić information content (AvgIpc) is 3.14. The average molecular weight is 418 g/mol. The van der Waals surface area contributed by atoms with Crippen LogP contribution in [-0.2, 0) is 16.0 Å². The number of nitrogens with one attached hydrogen (secondary N) is 2. The normalized spacial score (nSPS) is 14.6. The van der Waals surface area contributed by atoms with E-state index in [1.165, 1.54) is 12.0 Å². The lowest BCUT2D eigenvalue weighted by Gasteiger charge is -2.15. The van der Waals surface area contributed by atoms with E-state index in [0.717, 1.165) is 30.8 Å². The minimum absolute atomic E-state index is 0.276. The summed E-state index contributed by atoms with van der Waals surface area (Å²) in [7, 11) is 1.39. The van der Waals surface area contributed by atoms with Crippen LogP contribution in [0.15, 0.2) is 40.7 Å². The van der Waals surface area contributed by atoms with E-state index in [1.54, 1.807) is 18.3 Å². The Morgan fingerprint density at radius 3 is 2.86 bits per heavy atom. The molecule has 1 aromatic heterocycles. The van der Waals surface area contributed by atoms with Crippen molar-refractivity contribution < 1.29 is 19.0 Å². The summed E-state index contributed by atoms with van der Waals surface area (Å²) < 4.78 is 16.2. The molecule has 8 heteroatoms. The van der Waals surface area contributed by atoms with Gasteiger partial charge in [0.25, 0.3) is 0 Å². The lowest BCUT2D eigenvalue weighted by Crippen LogP contribution is -2.33. The van der Waals surface area contributed by atoms with Crippen LogP contribution in [0.25, 0.3) is 0 Å². The minimum atomic E-state index is -0.320. The number of carbonyl (C=O) groups excluding carboxylic acids is 1. The lowest BCUT2D eigenvalue weighted by atomic mass is 10.2. The van der Waals surface area contributed by atoms with Crippen molar-refractivity contribution in [1.29, 1.82) is 0 Å². The number of rotatable bonds is 7. The molecule has 0 amide bonds. The van der Waals surface area contributed by atoms with Crippen molar-refractivity contribution >= 4 is 29.0 Å². The van der Waals surface area contributed by atoms with Gasteiger partial charge in [-0.25, -0.2) is 0 Å². The van der Waals surface area contributed by atoms with Gasteiger partial charge in [0.15, 0.2) is 17.5 Å². The zero-order chi connectivity index (χ0) is 20.5. The van der Waals surface area contributed by atoms with Gasteiger partial charge in [-0.15, -0.1) is 11.3 Å². The maximum Gasteiger partial charge on any atom is 0.310 e. The van der Waals surface area contributed by atoms with Crippen LogP contribution in [-0.4, -0.2) is 45.3 Å². The van der Waals surface area contributed by atoms with Crippen LogP contribution in [0, 0.1) is 5.92 Å². The summed E-state index contributed by atoms with van der Waals surface area (Å²) in [5, 5.41) is 8.70. The largest absolute Gasteiger partial charge is 0.490 e. The Morgan fingerprint density at radius 1 is 1.28 bits per heavy atom. The fraction of sp³-hybridized carbons (Fsp3) is 0.429. The number of benzene rings is 1. The molecule has 29 heavy (non-hydrogen) atoms. The Hall–Kier alpha value is -2.74.